The number of carbonyl (C=O) groups excluding carboxylic acids is 2. The maximum atomic E-state index is 12.5. The molecular weight excluding hydrogens is 280 g/mol. The van der Waals surface area contributed by atoms with Gasteiger partial charge in [0.25, 0.3) is 0 Å². The van der Waals surface area contributed by atoms with Crippen LogP contribution in [0.4, 0.5) is 9.59 Å². The summed E-state index contributed by atoms with van der Waals surface area (Å²) in [5.74, 6) is -1.10. The lowest BCUT2D eigenvalue weighted by Crippen LogP contribution is -2.57. The molecule has 0 bridgehead atoms. The number of carboxylic acid groups (broad SMARTS) is 1. The Morgan fingerprint density at radius 2 is 2.00 bits per heavy atom. The molecule has 0 aliphatic carbocycles. The van der Waals surface area contributed by atoms with E-state index in [4.69, 9.17) is 5.11 Å². The molecule has 0 aromatic carbocycles. The zero-order chi connectivity index (χ0) is 15.1. The third-order valence-electron chi connectivity index (χ3n) is 4.31. The van der Waals surface area contributed by atoms with E-state index in [0.717, 1.165) is 0 Å². The van der Waals surface area contributed by atoms with Crippen molar-refractivity contribution in [3.63, 3.8) is 0 Å². The lowest BCUT2D eigenvalue weighted by Gasteiger charge is -2.38. The van der Waals surface area contributed by atoms with Gasteiger partial charge in [0.2, 0.25) is 0 Å². The van der Waals surface area contributed by atoms with Gasteiger partial charge in [-0.25, -0.2) is 14.4 Å². The number of aliphatic hydroxyl groups excluding tert-OH is 1. The molecule has 0 radical (unpaired) electrons. The molecule has 9 nitrogen and oxygen atoms in total. The predicted octanol–water partition coefficient (Wildman–Crippen LogP) is -1.66. The van der Waals surface area contributed by atoms with E-state index >= 15 is 0 Å². The largest absolute Gasteiger partial charge is 0.480 e. The van der Waals surface area contributed by atoms with E-state index < -0.39 is 18.1 Å². The number of nitrogens with one attached hydrogen (secondary N) is 1. The van der Waals surface area contributed by atoms with E-state index in [1.54, 1.807) is 9.80 Å². The topological polar surface area (TPSA) is 113 Å². The standard InChI is InChI=1S/C12H18N4O5/c17-8-3-9(10(18)19)16(6-8)12(21)14-1-2-15-7(5-14)4-13-11(15)20/h7-9,17H,1-6H2,(H,13,20)(H,18,19)/t7?,8?,9-/m0/s1. The number of nitrogens with zero attached hydrogens (tertiary/aromatic N) is 3. The summed E-state index contributed by atoms with van der Waals surface area (Å²) in [5.41, 5.74) is 0. The van der Waals surface area contributed by atoms with Crippen molar-refractivity contribution < 1.29 is 24.6 Å². The van der Waals surface area contributed by atoms with Crippen molar-refractivity contribution in [2.24, 2.45) is 0 Å². The van der Waals surface area contributed by atoms with E-state index in [1.807, 2.05) is 0 Å². The first-order valence-electron chi connectivity index (χ1n) is 6.98. The average molecular weight is 298 g/mol. The summed E-state index contributed by atoms with van der Waals surface area (Å²) in [6.07, 6.45) is -0.740. The van der Waals surface area contributed by atoms with Crippen LogP contribution in [0.3, 0.4) is 0 Å². The van der Waals surface area contributed by atoms with Gasteiger partial charge in [0, 0.05) is 39.1 Å². The number of carbonyl (C=O) groups is 3. The molecule has 3 heterocycles. The second kappa shape index (κ2) is 5.06. The minimum Gasteiger partial charge on any atom is -0.480 e. The molecule has 2 unspecified atom stereocenters. The molecule has 0 spiro atoms. The Balaban J connectivity index is 1.68. The average Bonchev–Trinajstić information content (AvgIpc) is 3.01. The van der Waals surface area contributed by atoms with Crippen molar-refractivity contribution in [2.45, 2.75) is 24.6 Å². The minimum atomic E-state index is -1.10. The molecule has 0 aromatic heterocycles. The van der Waals surface area contributed by atoms with Crippen LogP contribution < -0.4 is 5.32 Å². The third kappa shape index (κ3) is 2.37. The van der Waals surface area contributed by atoms with E-state index in [2.05, 4.69) is 5.32 Å². The summed E-state index contributed by atoms with van der Waals surface area (Å²) in [6, 6.07) is -1.54. The van der Waals surface area contributed by atoms with Crippen molar-refractivity contribution >= 4 is 18.0 Å². The van der Waals surface area contributed by atoms with Crippen molar-refractivity contribution in [1.29, 1.82) is 0 Å². The van der Waals surface area contributed by atoms with Crippen LogP contribution in [0.15, 0.2) is 0 Å². The molecule has 9 heteroatoms. The smallest absolute Gasteiger partial charge is 0.326 e. The molecule has 3 fully saturated rings. The molecule has 4 amide bonds. The minimum absolute atomic E-state index is 0.0395. The highest BCUT2D eigenvalue weighted by Crippen LogP contribution is 2.22. The second-order valence-electron chi connectivity index (χ2n) is 5.66. The highest BCUT2D eigenvalue weighted by atomic mass is 16.4. The van der Waals surface area contributed by atoms with Gasteiger partial charge in [0.15, 0.2) is 0 Å². The molecule has 3 atom stereocenters. The van der Waals surface area contributed by atoms with E-state index in [1.165, 1.54) is 4.90 Å². The number of urea groups is 2. The normalized spacial score (nSPS) is 32.1. The number of β-amino-alcohol motifs (C(OH)–C–C–N with tert-alkyl or cyclic N) is 1. The quantitative estimate of drug-likeness (QED) is 0.536. The SMILES string of the molecule is O=C(O)[C@@H]1CC(O)CN1C(=O)N1CCN2C(=O)NCC2C1. The Bertz CT molecular complexity index is 484. The lowest BCUT2D eigenvalue weighted by molar-refractivity contribution is -0.141. The van der Waals surface area contributed by atoms with Crippen LogP contribution >= 0.6 is 0 Å². The van der Waals surface area contributed by atoms with Crippen molar-refractivity contribution in [1.82, 2.24) is 20.0 Å². The first-order valence-corrected chi connectivity index (χ1v) is 6.98. The molecule has 116 valence electrons. The highest BCUT2D eigenvalue weighted by Gasteiger charge is 2.43. The zero-order valence-corrected chi connectivity index (χ0v) is 11.4. The molecule has 3 N–H and O–H groups in total. The first-order chi connectivity index (χ1) is 9.97. The Kier molecular flexibility index (Phi) is 3.36. The Labute approximate surface area is 121 Å². The lowest BCUT2D eigenvalue weighted by atomic mass is 10.2. The van der Waals surface area contributed by atoms with Crippen molar-refractivity contribution in [2.75, 3.05) is 32.7 Å². The van der Waals surface area contributed by atoms with Gasteiger partial charge in [-0.15, -0.1) is 0 Å². The summed E-state index contributed by atoms with van der Waals surface area (Å²) < 4.78 is 0. The number of likely N-dealkylation sites (tertiary alicyclic amines) is 1. The number of rotatable bonds is 1. The van der Waals surface area contributed by atoms with E-state index in [0.29, 0.717) is 26.2 Å². The van der Waals surface area contributed by atoms with Gasteiger partial charge in [-0.3, -0.25) is 0 Å². The number of piperazine rings is 1. The molecule has 3 rings (SSSR count). The van der Waals surface area contributed by atoms with Crippen LogP contribution in [-0.4, -0.2) is 93.9 Å². The molecular formula is C12H18N4O5. The number of hydrogen-bond donors (Lipinski definition) is 3. The fourth-order valence-corrected chi connectivity index (χ4v) is 3.22. The fraction of sp³-hybridized carbons (Fsp3) is 0.750. The highest BCUT2D eigenvalue weighted by molar-refractivity contribution is 5.84. The number of hydrogen-bond acceptors (Lipinski definition) is 4. The third-order valence-corrected chi connectivity index (χ3v) is 4.31. The Morgan fingerprint density at radius 3 is 2.71 bits per heavy atom. The first kappa shape index (κ1) is 13.9. The van der Waals surface area contributed by atoms with Gasteiger partial charge in [0.05, 0.1) is 12.1 Å². The zero-order valence-electron chi connectivity index (χ0n) is 11.4. The number of amides is 4. The molecule has 3 aliphatic heterocycles. The number of aliphatic carboxylic acids is 1. The van der Waals surface area contributed by atoms with Crippen LogP contribution in [0, 0.1) is 0 Å². The monoisotopic (exact) mass is 298 g/mol. The molecule has 0 saturated carbocycles. The van der Waals surface area contributed by atoms with Gasteiger partial charge < -0.3 is 30.2 Å². The van der Waals surface area contributed by atoms with Gasteiger partial charge in [-0.05, 0) is 0 Å². The molecule has 0 aromatic rings. The number of aliphatic hydroxyl groups is 1. The number of fused-ring (bicyclic) bond motifs is 1. The Morgan fingerprint density at radius 1 is 1.24 bits per heavy atom. The summed E-state index contributed by atoms with van der Waals surface area (Å²) in [6.45, 7) is 1.74. The van der Waals surface area contributed by atoms with Gasteiger partial charge in [-0.2, -0.15) is 0 Å². The van der Waals surface area contributed by atoms with Gasteiger partial charge >= 0.3 is 18.0 Å². The summed E-state index contributed by atoms with van der Waals surface area (Å²) in [7, 11) is 0. The fourth-order valence-electron chi connectivity index (χ4n) is 3.22. The summed E-state index contributed by atoms with van der Waals surface area (Å²) in [5, 5.41) is 21.5. The van der Waals surface area contributed by atoms with Gasteiger partial charge in [0.1, 0.15) is 6.04 Å². The molecule has 3 aliphatic rings. The van der Waals surface area contributed by atoms with Crippen LogP contribution in [-0.2, 0) is 4.79 Å². The second-order valence-corrected chi connectivity index (χ2v) is 5.66. The van der Waals surface area contributed by atoms with E-state index in [9.17, 15) is 19.5 Å². The van der Waals surface area contributed by atoms with Crippen LogP contribution in [0.25, 0.3) is 0 Å². The summed E-state index contributed by atoms with van der Waals surface area (Å²) in [4.78, 5) is 39.7. The summed E-state index contributed by atoms with van der Waals surface area (Å²) >= 11 is 0. The number of carboxylic acids is 1. The maximum Gasteiger partial charge on any atom is 0.326 e. The Hall–Kier alpha value is -2.03. The molecule has 3 saturated heterocycles. The van der Waals surface area contributed by atoms with Crippen LogP contribution in [0.2, 0.25) is 0 Å². The van der Waals surface area contributed by atoms with Crippen LogP contribution in [0.5, 0.6) is 0 Å². The molecule has 21 heavy (non-hydrogen) atoms. The van der Waals surface area contributed by atoms with Crippen molar-refractivity contribution in [3.8, 4) is 0 Å². The van der Waals surface area contributed by atoms with Gasteiger partial charge in [-0.1, -0.05) is 0 Å². The van der Waals surface area contributed by atoms with Crippen LogP contribution in [0.1, 0.15) is 6.42 Å². The van der Waals surface area contributed by atoms with E-state index in [-0.39, 0.29) is 31.1 Å². The maximum absolute atomic E-state index is 12.5. The van der Waals surface area contributed by atoms with Crippen molar-refractivity contribution in [3.05, 3.63) is 0 Å². The predicted molar refractivity (Wildman–Crippen MR) is 69.6 cm³/mol.